The molecular weight excluding hydrogens is 319 g/mol. The Labute approximate surface area is 124 Å². The zero-order valence-corrected chi connectivity index (χ0v) is 11.5. The van der Waals surface area contributed by atoms with E-state index in [9.17, 15) is 26.7 Å². The molecule has 0 saturated carbocycles. The van der Waals surface area contributed by atoms with Crippen LogP contribution in [0.2, 0.25) is 0 Å². The van der Waals surface area contributed by atoms with Gasteiger partial charge in [0.15, 0.2) is 0 Å². The molecule has 0 aromatic heterocycles. The van der Waals surface area contributed by atoms with Crippen molar-refractivity contribution < 1.29 is 26.7 Å². The van der Waals surface area contributed by atoms with E-state index in [0.717, 1.165) is 24.3 Å². The highest BCUT2D eigenvalue weighted by Gasteiger charge is 2.30. The van der Waals surface area contributed by atoms with Gasteiger partial charge in [-0.2, -0.15) is 13.2 Å². The number of benzene rings is 1. The average molecular weight is 333 g/mol. The highest BCUT2D eigenvalue weighted by molar-refractivity contribution is 5.85. The number of amides is 1. The Morgan fingerprint density at radius 2 is 1.62 bits per heavy atom. The Morgan fingerprint density at radius 3 is 2.05 bits per heavy atom. The summed E-state index contributed by atoms with van der Waals surface area (Å²) in [6, 6.07) is 3.92. The number of nitrogens with two attached hydrogens (primary N) is 1. The quantitative estimate of drug-likeness (QED) is 0.813. The number of nitrogens with one attached hydrogen (secondary N) is 1. The second-order valence-corrected chi connectivity index (χ2v) is 4.21. The van der Waals surface area contributed by atoms with E-state index in [-0.39, 0.29) is 18.8 Å². The van der Waals surface area contributed by atoms with Crippen molar-refractivity contribution in [2.75, 3.05) is 13.1 Å². The molecule has 21 heavy (non-hydrogen) atoms. The summed E-state index contributed by atoms with van der Waals surface area (Å²) in [5, 5.41) is 1.98. The van der Waals surface area contributed by atoms with E-state index in [1.165, 1.54) is 0 Å². The minimum atomic E-state index is -4.45. The van der Waals surface area contributed by atoms with Gasteiger partial charge in [0.05, 0.1) is 25.1 Å². The van der Waals surface area contributed by atoms with E-state index in [2.05, 4.69) is 0 Å². The van der Waals surface area contributed by atoms with Crippen molar-refractivity contribution in [3.8, 4) is 0 Å². The summed E-state index contributed by atoms with van der Waals surface area (Å²) in [5.74, 6) is -3.91. The van der Waals surface area contributed by atoms with Crippen LogP contribution in [0.1, 0.15) is 11.1 Å². The summed E-state index contributed by atoms with van der Waals surface area (Å²) < 4.78 is 62.4. The smallest absolute Gasteiger partial charge is 0.350 e. The highest BCUT2D eigenvalue weighted by Crippen LogP contribution is 2.29. The minimum Gasteiger partial charge on any atom is -0.350 e. The summed E-state index contributed by atoms with van der Waals surface area (Å²) >= 11 is 0. The van der Waals surface area contributed by atoms with E-state index < -0.39 is 36.7 Å². The number of carbonyl (C=O) groups excluding carboxylic acids is 1. The van der Waals surface area contributed by atoms with Gasteiger partial charge < -0.3 is 11.1 Å². The number of hydrogen-bond acceptors (Lipinski definition) is 2. The van der Waals surface area contributed by atoms with E-state index in [4.69, 9.17) is 5.73 Å². The standard InChI is InChI=1S/C12H13F5N2O.ClH/c13-11(14,6-18)7-19-10(20)5-8-1-3-9(4-2-8)12(15,16)17;/h1-4H,5-7,18H2,(H,19,20);1H. The minimum absolute atomic E-state index is 0. The van der Waals surface area contributed by atoms with Crippen LogP contribution in [0.15, 0.2) is 24.3 Å². The van der Waals surface area contributed by atoms with Gasteiger partial charge in [-0.05, 0) is 17.7 Å². The molecule has 0 spiro atoms. The van der Waals surface area contributed by atoms with Gasteiger partial charge in [0, 0.05) is 0 Å². The van der Waals surface area contributed by atoms with Gasteiger partial charge >= 0.3 is 6.18 Å². The largest absolute Gasteiger partial charge is 0.416 e. The van der Waals surface area contributed by atoms with Crippen LogP contribution < -0.4 is 11.1 Å². The fourth-order valence-electron chi connectivity index (χ4n) is 1.36. The first-order valence-electron chi connectivity index (χ1n) is 5.65. The molecule has 1 rings (SSSR count). The molecule has 9 heteroatoms. The average Bonchev–Trinajstić information content (AvgIpc) is 2.36. The van der Waals surface area contributed by atoms with Crippen LogP contribution in [0, 0.1) is 0 Å². The SMILES string of the molecule is Cl.NCC(F)(F)CNC(=O)Cc1ccc(C(F)(F)F)cc1. The molecule has 3 N–H and O–H groups in total. The number of hydrogen-bond donors (Lipinski definition) is 2. The lowest BCUT2D eigenvalue weighted by Gasteiger charge is -2.14. The summed E-state index contributed by atoms with van der Waals surface area (Å²) in [6.07, 6.45) is -4.73. The van der Waals surface area contributed by atoms with E-state index >= 15 is 0 Å². The molecule has 1 amide bonds. The number of rotatable bonds is 5. The molecule has 120 valence electrons. The van der Waals surface area contributed by atoms with Crippen LogP contribution in [0.3, 0.4) is 0 Å². The highest BCUT2D eigenvalue weighted by atomic mass is 35.5. The molecule has 0 radical (unpaired) electrons. The van der Waals surface area contributed by atoms with Gasteiger partial charge in [-0.15, -0.1) is 12.4 Å². The normalized spacial score (nSPS) is 11.7. The van der Waals surface area contributed by atoms with Gasteiger partial charge in [-0.3, -0.25) is 4.79 Å². The van der Waals surface area contributed by atoms with Crippen molar-refractivity contribution in [2.24, 2.45) is 5.73 Å². The first-order valence-corrected chi connectivity index (χ1v) is 5.65. The maximum absolute atomic E-state index is 12.8. The summed E-state index contributed by atoms with van der Waals surface area (Å²) in [4.78, 5) is 11.3. The maximum atomic E-state index is 12.8. The van der Waals surface area contributed by atoms with Gasteiger partial charge in [-0.25, -0.2) is 8.78 Å². The number of alkyl halides is 5. The summed E-state index contributed by atoms with van der Waals surface area (Å²) in [6.45, 7) is -1.80. The third kappa shape index (κ3) is 6.72. The molecule has 0 fully saturated rings. The lowest BCUT2D eigenvalue weighted by molar-refractivity contribution is -0.137. The number of halogens is 6. The summed E-state index contributed by atoms with van der Waals surface area (Å²) in [7, 11) is 0. The van der Waals surface area contributed by atoms with Crippen molar-refractivity contribution in [2.45, 2.75) is 18.5 Å². The lowest BCUT2D eigenvalue weighted by Crippen LogP contribution is -2.42. The predicted molar refractivity (Wildman–Crippen MR) is 69.4 cm³/mol. The zero-order valence-electron chi connectivity index (χ0n) is 10.7. The second-order valence-electron chi connectivity index (χ2n) is 4.21. The molecule has 1 aromatic rings. The molecule has 3 nitrogen and oxygen atoms in total. The second kappa shape index (κ2) is 7.56. The Morgan fingerprint density at radius 1 is 1.10 bits per heavy atom. The third-order valence-corrected chi connectivity index (χ3v) is 2.49. The third-order valence-electron chi connectivity index (χ3n) is 2.49. The van der Waals surface area contributed by atoms with Crippen molar-refractivity contribution in [1.82, 2.24) is 5.32 Å². The molecular formula is C12H14ClF5N2O. The Kier molecular flexibility index (Phi) is 7.05. The van der Waals surface area contributed by atoms with Crippen LogP contribution in [0.5, 0.6) is 0 Å². The van der Waals surface area contributed by atoms with Gasteiger partial charge in [0.2, 0.25) is 5.91 Å². The van der Waals surface area contributed by atoms with Gasteiger partial charge in [0.1, 0.15) is 0 Å². The molecule has 0 heterocycles. The van der Waals surface area contributed by atoms with Gasteiger partial charge in [0.25, 0.3) is 5.92 Å². The monoisotopic (exact) mass is 332 g/mol. The predicted octanol–water partition coefficient (Wildman–Crippen LogP) is 2.38. The Bertz CT molecular complexity index is 462. The van der Waals surface area contributed by atoms with Crippen LogP contribution in [0.25, 0.3) is 0 Å². The topological polar surface area (TPSA) is 55.1 Å². The van der Waals surface area contributed by atoms with Gasteiger partial charge in [-0.1, -0.05) is 12.1 Å². The molecule has 1 aromatic carbocycles. The first-order chi connectivity index (χ1) is 9.14. The summed E-state index contributed by atoms with van der Waals surface area (Å²) in [5.41, 5.74) is 4.26. The molecule has 0 unspecified atom stereocenters. The molecule has 0 aliphatic carbocycles. The molecule has 0 aliphatic rings. The zero-order chi connectivity index (χ0) is 15.4. The molecule has 0 saturated heterocycles. The maximum Gasteiger partial charge on any atom is 0.416 e. The Hall–Kier alpha value is -1.41. The van der Waals surface area contributed by atoms with E-state index in [1.807, 2.05) is 5.32 Å². The van der Waals surface area contributed by atoms with Crippen molar-refractivity contribution in [3.63, 3.8) is 0 Å². The fraction of sp³-hybridized carbons (Fsp3) is 0.417. The molecule has 0 bridgehead atoms. The van der Waals surface area contributed by atoms with E-state index in [1.54, 1.807) is 0 Å². The number of carbonyl (C=O) groups is 1. The molecule has 0 atom stereocenters. The van der Waals surface area contributed by atoms with E-state index in [0.29, 0.717) is 5.56 Å². The van der Waals surface area contributed by atoms with Crippen molar-refractivity contribution >= 4 is 18.3 Å². The Balaban J connectivity index is 0.00000400. The molecule has 0 aliphatic heterocycles. The van der Waals surface area contributed by atoms with Crippen molar-refractivity contribution in [3.05, 3.63) is 35.4 Å². The van der Waals surface area contributed by atoms with Crippen LogP contribution in [-0.2, 0) is 17.4 Å². The van der Waals surface area contributed by atoms with Crippen LogP contribution in [0.4, 0.5) is 22.0 Å². The van der Waals surface area contributed by atoms with Crippen molar-refractivity contribution in [1.29, 1.82) is 0 Å². The van der Waals surface area contributed by atoms with Crippen LogP contribution >= 0.6 is 12.4 Å². The fourth-order valence-corrected chi connectivity index (χ4v) is 1.36. The van der Waals surface area contributed by atoms with Crippen LogP contribution in [-0.4, -0.2) is 24.9 Å². The lowest BCUT2D eigenvalue weighted by atomic mass is 10.1. The first kappa shape index (κ1) is 19.6.